The van der Waals surface area contributed by atoms with Crippen molar-refractivity contribution in [1.29, 1.82) is 0 Å². The Kier molecular flexibility index (Phi) is 7.26. The lowest BCUT2D eigenvalue weighted by molar-refractivity contribution is 0.365. The summed E-state index contributed by atoms with van der Waals surface area (Å²) in [6, 6.07) is 5.92. The Morgan fingerprint density at radius 3 is 2.55 bits per heavy atom. The van der Waals surface area contributed by atoms with E-state index in [0.29, 0.717) is 5.92 Å². The molecule has 0 fully saturated rings. The van der Waals surface area contributed by atoms with Gasteiger partial charge in [-0.1, -0.05) is 53.7 Å². The third-order valence-corrected chi connectivity index (χ3v) is 6.27. The van der Waals surface area contributed by atoms with E-state index in [1.807, 2.05) is 18.2 Å². The Labute approximate surface area is 189 Å². The van der Waals surface area contributed by atoms with Crippen LogP contribution in [-0.2, 0) is 6.42 Å². The Morgan fingerprint density at radius 1 is 1.16 bits per heavy atom. The zero-order valence-corrected chi connectivity index (χ0v) is 20.4. The third-order valence-electron chi connectivity index (χ3n) is 5.08. The summed E-state index contributed by atoms with van der Waals surface area (Å²) in [6.07, 6.45) is 6.23. The molecule has 6 nitrogen and oxygen atoms in total. The highest BCUT2D eigenvalue weighted by atomic mass is 32.1. The molecule has 0 atom stereocenters. The summed E-state index contributed by atoms with van der Waals surface area (Å²) in [5.41, 5.74) is 3.16. The van der Waals surface area contributed by atoms with Gasteiger partial charge in [0.25, 0.3) is 0 Å². The van der Waals surface area contributed by atoms with Crippen molar-refractivity contribution in [1.82, 2.24) is 25.2 Å². The van der Waals surface area contributed by atoms with Gasteiger partial charge in [-0.15, -0.1) is 26.3 Å². The van der Waals surface area contributed by atoms with Crippen LogP contribution in [0.2, 0.25) is 0 Å². The van der Waals surface area contributed by atoms with Crippen LogP contribution in [0, 0.1) is 5.41 Å². The molecule has 7 heteroatoms. The van der Waals surface area contributed by atoms with Gasteiger partial charge in [0.1, 0.15) is 5.75 Å². The van der Waals surface area contributed by atoms with E-state index in [-0.39, 0.29) is 11.3 Å². The molecule has 0 amide bonds. The fourth-order valence-corrected chi connectivity index (χ4v) is 4.11. The SMILES string of the molecule is COc1ccc(-n2nnc(C(C)C)n2)cc1C=CCC(C)(C)Cc1csc(C(C)C)n1. The minimum atomic E-state index is 0.114. The first-order chi connectivity index (χ1) is 14.7. The van der Waals surface area contributed by atoms with Crippen LogP contribution in [0.25, 0.3) is 11.8 Å². The van der Waals surface area contributed by atoms with Crippen LogP contribution in [0.1, 0.15) is 81.9 Å². The van der Waals surface area contributed by atoms with Gasteiger partial charge in [-0.05, 0) is 41.7 Å². The number of thiazole rings is 1. The van der Waals surface area contributed by atoms with Crippen LogP contribution in [0.5, 0.6) is 5.75 Å². The molecule has 0 unspecified atom stereocenters. The predicted molar refractivity (Wildman–Crippen MR) is 127 cm³/mol. The molecule has 3 rings (SSSR count). The second-order valence-corrected chi connectivity index (χ2v) is 10.2. The smallest absolute Gasteiger partial charge is 0.177 e. The molecule has 2 heterocycles. The summed E-state index contributed by atoms with van der Waals surface area (Å²) in [4.78, 5) is 6.37. The topological polar surface area (TPSA) is 65.7 Å². The van der Waals surface area contributed by atoms with Crippen LogP contribution in [0.3, 0.4) is 0 Å². The van der Waals surface area contributed by atoms with Crippen LogP contribution in [-0.4, -0.2) is 32.3 Å². The van der Waals surface area contributed by atoms with E-state index in [2.05, 4.69) is 74.5 Å². The summed E-state index contributed by atoms with van der Waals surface area (Å²) in [7, 11) is 1.69. The molecule has 0 saturated heterocycles. The standard InChI is InChI=1S/C24H33N5OS/c1-16(2)22-26-28-29(27-22)20-10-11-21(30-7)18(13-20)9-8-12-24(5,6)14-19-15-31-23(25-19)17(3)4/h8-11,13,15-17H,12,14H2,1-7H3. The van der Waals surface area contributed by atoms with E-state index in [1.54, 1.807) is 23.2 Å². The Hall–Kier alpha value is -2.54. The second kappa shape index (κ2) is 9.73. The Balaban J connectivity index is 1.73. The van der Waals surface area contributed by atoms with Gasteiger partial charge >= 0.3 is 0 Å². The monoisotopic (exact) mass is 439 g/mol. The number of tetrazole rings is 1. The maximum atomic E-state index is 5.56. The summed E-state index contributed by atoms with van der Waals surface area (Å²) in [6.45, 7) is 13.1. The number of rotatable bonds is 9. The molecule has 0 aliphatic heterocycles. The van der Waals surface area contributed by atoms with E-state index < -0.39 is 0 Å². The number of ether oxygens (including phenoxy) is 1. The molecule has 0 saturated carbocycles. The molecule has 0 radical (unpaired) electrons. The first-order valence-corrected chi connectivity index (χ1v) is 11.7. The second-order valence-electron chi connectivity index (χ2n) is 9.30. The fraction of sp³-hybridized carbons (Fsp3) is 0.500. The highest BCUT2D eigenvalue weighted by Gasteiger charge is 2.19. The van der Waals surface area contributed by atoms with Crippen molar-refractivity contribution in [2.75, 3.05) is 7.11 Å². The van der Waals surface area contributed by atoms with E-state index >= 15 is 0 Å². The molecule has 0 spiro atoms. The lowest BCUT2D eigenvalue weighted by atomic mass is 9.84. The molecule has 0 aliphatic carbocycles. The zero-order chi connectivity index (χ0) is 22.6. The molecular formula is C24H33N5OS. The predicted octanol–water partition coefficient (Wildman–Crippen LogP) is 6.05. The Bertz CT molecular complexity index is 1030. The van der Waals surface area contributed by atoms with Crippen LogP contribution in [0.4, 0.5) is 0 Å². The summed E-state index contributed by atoms with van der Waals surface area (Å²) >= 11 is 1.76. The number of hydrogen-bond donors (Lipinski definition) is 0. The fourth-order valence-electron chi connectivity index (χ4n) is 3.28. The van der Waals surface area contributed by atoms with E-state index in [9.17, 15) is 0 Å². The zero-order valence-electron chi connectivity index (χ0n) is 19.6. The van der Waals surface area contributed by atoms with Crippen LogP contribution >= 0.6 is 11.3 Å². The van der Waals surface area contributed by atoms with Crippen LogP contribution in [0.15, 0.2) is 29.7 Å². The molecular weight excluding hydrogens is 406 g/mol. The van der Waals surface area contributed by atoms with Crippen molar-refractivity contribution in [2.45, 2.75) is 66.2 Å². The average molecular weight is 440 g/mol. The molecule has 0 N–H and O–H groups in total. The molecule has 0 aliphatic rings. The van der Waals surface area contributed by atoms with Gasteiger partial charge in [0, 0.05) is 22.8 Å². The van der Waals surface area contributed by atoms with Crippen molar-refractivity contribution >= 4 is 17.4 Å². The van der Waals surface area contributed by atoms with Gasteiger partial charge < -0.3 is 4.74 Å². The summed E-state index contributed by atoms with van der Waals surface area (Å²) in [5.74, 6) is 2.28. The molecule has 0 bridgehead atoms. The van der Waals surface area contributed by atoms with Gasteiger partial charge in [-0.2, -0.15) is 0 Å². The highest BCUT2D eigenvalue weighted by molar-refractivity contribution is 7.09. The average Bonchev–Trinajstić information content (AvgIpc) is 3.37. The van der Waals surface area contributed by atoms with Crippen molar-refractivity contribution < 1.29 is 4.74 Å². The van der Waals surface area contributed by atoms with Gasteiger partial charge in [-0.25, -0.2) is 4.98 Å². The van der Waals surface area contributed by atoms with Crippen molar-refractivity contribution in [3.05, 3.63) is 51.7 Å². The first kappa shape index (κ1) is 23.1. The van der Waals surface area contributed by atoms with E-state index in [0.717, 1.165) is 35.7 Å². The van der Waals surface area contributed by atoms with Gasteiger partial charge in [-0.3, -0.25) is 0 Å². The number of hydrogen-bond acceptors (Lipinski definition) is 6. The molecule has 166 valence electrons. The highest BCUT2D eigenvalue weighted by Crippen LogP contribution is 2.30. The maximum Gasteiger partial charge on any atom is 0.177 e. The molecule has 1 aromatic carbocycles. The van der Waals surface area contributed by atoms with E-state index in [1.165, 1.54) is 10.7 Å². The Morgan fingerprint density at radius 2 is 1.94 bits per heavy atom. The summed E-state index contributed by atoms with van der Waals surface area (Å²) in [5, 5.41) is 16.2. The number of nitrogens with zero attached hydrogens (tertiary/aromatic N) is 5. The van der Waals surface area contributed by atoms with Crippen molar-refractivity contribution in [3.63, 3.8) is 0 Å². The normalized spacial score (nSPS) is 12.4. The largest absolute Gasteiger partial charge is 0.496 e. The first-order valence-electron chi connectivity index (χ1n) is 10.8. The number of methoxy groups -OCH3 is 1. The third kappa shape index (κ3) is 6.00. The maximum absolute atomic E-state index is 5.56. The van der Waals surface area contributed by atoms with E-state index in [4.69, 9.17) is 9.72 Å². The number of allylic oxidation sites excluding steroid dienone is 1. The van der Waals surface area contributed by atoms with Crippen molar-refractivity contribution in [2.24, 2.45) is 5.41 Å². The molecule has 3 aromatic rings. The number of benzene rings is 1. The minimum Gasteiger partial charge on any atom is -0.496 e. The van der Waals surface area contributed by atoms with Crippen molar-refractivity contribution in [3.8, 4) is 11.4 Å². The van der Waals surface area contributed by atoms with Gasteiger partial charge in [0.2, 0.25) is 0 Å². The molecule has 2 aromatic heterocycles. The number of aromatic nitrogens is 5. The lowest BCUT2D eigenvalue weighted by Gasteiger charge is -2.21. The van der Waals surface area contributed by atoms with Crippen LogP contribution < -0.4 is 4.74 Å². The quantitative estimate of drug-likeness (QED) is 0.406. The van der Waals surface area contributed by atoms with Gasteiger partial charge in [0.05, 0.1) is 23.5 Å². The minimum absolute atomic E-state index is 0.114. The lowest BCUT2D eigenvalue weighted by Crippen LogP contribution is -2.14. The summed E-state index contributed by atoms with van der Waals surface area (Å²) < 4.78 is 5.56. The van der Waals surface area contributed by atoms with Gasteiger partial charge in [0.15, 0.2) is 5.82 Å². The molecule has 31 heavy (non-hydrogen) atoms.